The first-order valence-electron chi connectivity index (χ1n) is 1.91. The molecule has 0 amide bonds. The largest absolute Gasteiger partial charge is 3.00 e. The topological polar surface area (TPSA) is 15.8 Å². The molecular weight excluding hydrogens is 193 g/mol. The second-order valence-electron chi connectivity index (χ2n) is 1.29. The molecule has 0 bridgehead atoms. The monoisotopic (exact) mass is 198 g/mol. The minimum atomic E-state index is 0. The van der Waals surface area contributed by atoms with Gasteiger partial charge >= 0.3 is 21.7 Å². The first-order valence-corrected chi connectivity index (χ1v) is 1.91. The van der Waals surface area contributed by atoms with E-state index in [1.165, 1.54) is 0 Å². The van der Waals surface area contributed by atoms with Gasteiger partial charge in [0.2, 0.25) is 0 Å². The molecule has 0 aromatic carbocycles. The quantitative estimate of drug-likeness (QED) is 0.318. The number of nitrogens with one attached hydrogen (secondary N) is 1. The maximum absolute atomic E-state index is 2.88. The molecule has 0 unspecified atom stereocenters. The summed E-state index contributed by atoms with van der Waals surface area (Å²) in [5.41, 5.74) is 1.16. The predicted octanol–water partition coefficient (Wildman–Crippen LogP) is -4.87. The molecule has 0 atom stereocenters. The number of H-pyrrole nitrogens is 1. The smallest absolute Gasteiger partial charge is 1.00 e. The fourth-order valence-electron chi connectivity index (χ4n) is 0.364. The predicted molar refractivity (Wildman–Crippen MR) is 24.4 cm³/mol. The first kappa shape index (κ1) is 16.3. The van der Waals surface area contributed by atoms with Crippen LogP contribution in [-0.4, -0.2) is 4.98 Å². The van der Waals surface area contributed by atoms with E-state index in [2.05, 4.69) is 11.2 Å². The molecule has 0 saturated heterocycles. The van der Waals surface area contributed by atoms with Gasteiger partial charge in [0, 0.05) is 0 Å². The van der Waals surface area contributed by atoms with E-state index >= 15 is 0 Å². The fourth-order valence-corrected chi connectivity index (χ4v) is 0.364. The zero-order chi connectivity index (χ0) is 4.41. The summed E-state index contributed by atoms with van der Waals surface area (Å²) < 4.78 is 0. The van der Waals surface area contributed by atoms with Crippen LogP contribution in [0.3, 0.4) is 0 Å². The summed E-state index contributed by atoms with van der Waals surface area (Å²) in [4.78, 5) is 2.80. The van der Waals surface area contributed by atoms with Crippen LogP contribution in [0.1, 0.15) is 5.56 Å². The van der Waals surface area contributed by atoms with Crippen molar-refractivity contribution in [2.75, 3.05) is 0 Å². The Balaban J connectivity index is -0.000000120. The Hall–Kier alpha value is 0.574. The van der Waals surface area contributed by atoms with Crippen molar-refractivity contribution in [1.29, 1.82) is 0 Å². The van der Waals surface area contributed by atoms with Gasteiger partial charge in [-0.25, -0.2) is 0 Å². The summed E-state index contributed by atoms with van der Waals surface area (Å²) in [6.07, 6.45) is 4.73. The molecule has 0 aliphatic rings. The molecule has 4 heteroatoms. The fraction of sp³-hybridized carbons (Fsp3) is 0.200. The molecule has 0 spiro atoms. The SMILES string of the molecule is Cc1[c-][nH]cc1.[Cl-].[Cl-].[Ti+3]. The van der Waals surface area contributed by atoms with Gasteiger partial charge in [0.1, 0.15) is 0 Å². The van der Waals surface area contributed by atoms with Gasteiger partial charge in [-0.3, -0.25) is 0 Å². The van der Waals surface area contributed by atoms with Crippen LogP contribution in [0, 0.1) is 13.1 Å². The summed E-state index contributed by atoms with van der Waals surface area (Å²) >= 11 is 0. The van der Waals surface area contributed by atoms with Gasteiger partial charge in [-0.2, -0.15) is 17.8 Å². The summed E-state index contributed by atoms with van der Waals surface area (Å²) in [6, 6.07) is 1.97. The van der Waals surface area contributed by atoms with E-state index in [1.807, 2.05) is 19.2 Å². The number of hydrogen-bond donors (Lipinski definition) is 1. The summed E-state index contributed by atoms with van der Waals surface area (Å²) in [7, 11) is 0. The van der Waals surface area contributed by atoms with Gasteiger partial charge in [-0.1, -0.05) is 6.92 Å². The van der Waals surface area contributed by atoms with Gasteiger partial charge in [0.15, 0.2) is 0 Å². The summed E-state index contributed by atoms with van der Waals surface area (Å²) in [6.45, 7) is 2.00. The van der Waals surface area contributed by atoms with Crippen LogP contribution in [0.5, 0.6) is 0 Å². The molecule has 9 heavy (non-hydrogen) atoms. The minimum Gasteiger partial charge on any atom is -1.00 e. The first-order chi connectivity index (χ1) is 2.89. The number of aryl methyl sites for hydroxylation is 1. The van der Waals surface area contributed by atoms with E-state index in [9.17, 15) is 0 Å². The average molecular weight is 199 g/mol. The van der Waals surface area contributed by atoms with Gasteiger partial charge in [0.25, 0.3) is 0 Å². The molecule has 1 heterocycles. The van der Waals surface area contributed by atoms with E-state index in [-0.39, 0.29) is 46.5 Å². The van der Waals surface area contributed by atoms with E-state index in [4.69, 9.17) is 0 Å². The number of rotatable bonds is 0. The van der Waals surface area contributed by atoms with Crippen LogP contribution in [0.25, 0.3) is 0 Å². The zero-order valence-corrected chi connectivity index (χ0v) is 7.98. The molecule has 0 fully saturated rings. The Morgan fingerprint density at radius 3 is 2.11 bits per heavy atom. The van der Waals surface area contributed by atoms with E-state index in [0.29, 0.717) is 0 Å². The van der Waals surface area contributed by atoms with Crippen molar-refractivity contribution < 1.29 is 46.5 Å². The second-order valence-corrected chi connectivity index (χ2v) is 1.29. The third-order valence-corrected chi connectivity index (χ3v) is 0.686. The molecule has 1 N–H and O–H groups in total. The molecular formula is C5H6Cl2NTi. The number of halogens is 2. The Morgan fingerprint density at radius 1 is 1.44 bits per heavy atom. The Morgan fingerprint density at radius 2 is 2.00 bits per heavy atom. The molecule has 0 saturated carbocycles. The average Bonchev–Trinajstić information content (AvgIpc) is 1.86. The van der Waals surface area contributed by atoms with Gasteiger partial charge in [-0.15, -0.1) is 6.20 Å². The number of hydrogen-bond acceptors (Lipinski definition) is 0. The van der Waals surface area contributed by atoms with Crippen molar-refractivity contribution in [1.82, 2.24) is 4.98 Å². The molecule has 0 aliphatic carbocycles. The van der Waals surface area contributed by atoms with Crippen molar-refractivity contribution in [2.24, 2.45) is 0 Å². The van der Waals surface area contributed by atoms with Gasteiger partial charge in [0.05, 0.1) is 0 Å². The van der Waals surface area contributed by atoms with E-state index < -0.39 is 0 Å². The Labute approximate surface area is 82.3 Å². The van der Waals surface area contributed by atoms with Gasteiger partial charge in [-0.05, 0) is 0 Å². The molecule has 1 radical (unpaired) electrons. The molecule has 1 rings (SSSR count). The van der Waals surface area contributed by atoms with Crippen molar-refractivity contribution in [3.63, 3.8) is 0 Å². The molecule has 0 aliphatic heterocycles. The summed E-state index contributed by atoms with van der Waals surface area (Å²) in [5.74, 6) is 0. The third-order valence-electron chi connectivity index (χ3n) is 0.686. The Bertz CT molecular complexity index is 119. The third kappa shape index (κ3) is 6.46. The molecule has 1 nitrogen and oxygen atoms in total. The molecule has 1 aromatic heterocycles. The van der Waals surface area contributed by atoms with Gasteiger partial charge < -0.3 is 29.8 Å². The van der Waals surface area contributed by atoms with Crippen LogP contribution in [0.2, 0.25) is 0 Å². The number of aromatic amines is 1. The molecule has 1 aromatic rings. The summed E-state index contributed by atoms with van der Waals surface area (Å²) in [5, 5.41) is 0. The van der Waals surface area contributed by atoms with Crippen LogP contribution in [0.15, 0.2) is 12.3 Å². The van der Waals surface area contributed by atoms with E-state index in [1.54, 1.807) is 0 Å². The maximum atomic E-state index is 2.88. The maximum Gasteiger partial charge on any atom is 3.00 e. The van der Waals surface area contributed by atoms with Crippen molar-refractivity contribution in [3.05, 3.63) is 24.0 Å². The van der Waals surface area contributed by atoms with E-state index in [0.717, 1.165) is 5.56 Å². The Kier molecular flexibility index (Phi) is 15.5. The van der Waals surface area contributed by atoms with Crippen LogP contribution < -0.4 is 24.8 Å². The molecule has 49 valence electrons. The van der Waals surface area contributed by atoms with Crippen molar-refractivity contribution in [2.45, 2.75) is 6.92 Å². The van der Waals surface area contributed by atoms with Crippen molar-refractivity contribution in [3.8, 4) is 0 Å². The second kappa shape index (κ2) is 8.57. The van der Waals surface area contributed by atoms with Crippen LogP contribution in [0.4, 0.5) is 0 Å². The van der Waals surface area contributed by atoms with Crippen LogP contribution in [-0.2, 0) is 21.7 Å². The zero-order valence-electron chi connectivity index (χ0n) is 4.91. The normalized spacial score (nSPS) is 5.89. The standard InChI is InChI=1S/C5H6N.2ClH.Ti/c1-5-2-3-6-4-5;;;/h2-3,6H,1H3;2*1H;/q-1;;;+3/p-2. The van der Waals surface area contributed by atoms with Crippen molar-refractivity contribution >= 4 is 0 Å². The minimum absolute atomic E-state index is 0. The van der Waals surface area contributed by atoms with Crippen LogP contribution >= 0.6 is 0 Å². The number of aromatic nitrogens is 1.